The number of sulfonamides is 1. The third kappa shape index (κ3) is 5.19. The number of carbonyl (C=O) groups is 1. The molecule has 0 aromatic heterocycles. The molecule has 1 aliphatic heterocycles. The molecular formula is C23H30N2O5S. The first kappa shape index (κ1) is 23.1. The highest BCUT2D eigenvalue weighted by atomic mass is 32.2. The van der Waals surface area contributed by atoms with Crippen LogP contribution >= 0.6 is 0 Å². The second kappa shape index (κ2) is 9.70. The first-order chi connectivity index (χ1) is 14.8. The Kier molecular flexibility index (Phi) is 7.23. The van der Waals surface area contributed by atoms with E-state index in [1.165, 1.54) is 4.31 Å². The molecule has 0 spiro atoms. The van der Waals surface area contributed by atoms with Crippen LogP contribution in [0, 0.1) is 12.8 Å². The van der Waals surface area contributed by atoms with Gasteiger partial charge in [0, 0.05) is 13.1 Å². The number of methoxy groups -OCH3 is 2. The van der Waals surface area contributed by atoms with Crippen molar-refractivity contribution in [1.29, 1.82) is 0 Å². The number of benzene rings is 2. The van der Waals surface area contributed by atoms with Crippen LogP contribution in [-0.4, -0.2) is 45.9 Å². The van der Waals surface area contributed by atoms with Crippen molar-refractivity contribution < 1.29 is 22.7 Å². The Morgan fingerprint density at radius 3 is 2.45 bits per heavy atom. The van der Waals surface area contributed by atoms with Crippen molar-refractivity contribution in [1.82, 2.24) is 9.62 Å². The Hall–Kier alpha value is -2.58. The zero-order chi connectivity index (χ0) is 22.6. The second-order valence-corrected chi connectivity index (χ2v) is 9.78. The van der Waals surface area contributed by atoms with E-state index in [-0.39, 0.29) is 29.3 Å². The SMILES string of the molecule is COc1ccc(C(C)NC(=O)C2CCCN(S(=O)(=O)c3ccc(OC)c(C)c3)C2)cc1. The molecule has 1 saturated heterocycles. The van der Waals surface area contributed by atoms with Gasteiger partial charge in [-0.3, -0.25) is 4.79 Å². The summed E-state index contributed by atoms with van der Waals surface area (Å²) >= 11 is 0. The van der Waals surface area contributed by atoms with Crippen LogP contribution in [0.15, 0.2) is 47.4 Å². The van der Waals surface area contributed by atoms with E-state index in [9.17, 15) is 13.2 Å². The Morgan fingerprint density at radius 2 is 1.84 bits per heavy atom. The summed E-state index contributed by atoms with van der Waals surface area (Å²) in [4.78, 5) is 13.1. The molecule has 7 nitrogen and oxygen atoms in total. The van der Waals surface area contributed by atoms with Crippen molar-refractivity contribution in [3.63, 3.8) is 0 Å². The molecule has 0 radical (unpaired) electrons. The van der Waals surface area contributed by atoms with Crippen molar-refractivity contribution in [2.75, 3.05) is 27.3 Å². The van der Waals surface area contributed by atoms with E-state index in [4.69, 9.17) is 9.47 Å². The van der Waals surface area contributed by atoms with Gasteiger partial charge in [0.2, 0.25) is 15.9 Å². The van der Waals surface area contributed by atoms with Gasteiger partial charge in [0.15, 0.2) is 0 Å². The summed E-state index contributed by atoms with van der Waals surface area (Å²) in [7, 11) is -0.520. The molecule has 2 unspecified atom stereocenters. The Bertz CT molecular complexity index is 1020. The number of nitrogens with zero attached hydrogens (tertiary/aromatic N) is 1. The fraction of sp³-hybridized carbons (Fsp3) is 0.435. The minimum absolute atomic E-state index is 0.130. The number of nitrogens with one attached hydrogen (secondary N) is 1. The first-order valence-corrected chi connectivity index (χ1v) is 11.8. The molecule has 0 bridgehead atoms. The minimum Gasteiger partial charge on any atom is -0.497 e. The molecule has 31 heavy (non-hydrogen) atoms. The third-order valence-electron chi connectivity index (χ3n) is 5.73. The lowest BCUT2D eigenvalue weighted by molar-refractivity contribution is -0.126. The van der Waals surface area contributed by atoms with Gasteiger partial charge in [0.25, 0.3) is 0 Å². The van der Waals surface area contributed by atoms with Crippen molar-refractivity contribution in [2.24, 2.45) is 5.92 Å². The number of carbonyl (C=O) groups excluding carboxylic acids is 1. The molecule has 168 valence electrons. The number of ether oxygens (including phenoxy) is 2. The maximum absolute atomic E-state index is 13.2. The van der Waals surface area contributed by atoms with Crippen LogP contribution < -0.4 is 14.8 Å². The summed E-state index contributed by atoms with van der Waals surface area (Å²) in [5.41, 5.74) is 1.71. The average Bonchev–Trinajstić information content (AvgIpc) is 2.79. The molecule has 1 fully saturated rings. The third-order valence-corrected chi connectivity index (χ3v) is 7.59. The second-order valence-electron chi connectivity index (χ2n) is 7.84. The quantitative estimate of drug-likeness (QED) is 0.706. The number of hydrogen-bond acceptors (Lipinski definition) is 5. The van der Waals surface area contributed by atoms with Crippen molar-refractivity contribution in [2.45, 2.75) is 37.6 Å². The molecule has 2 atom stereocenters. The highest BCUT2D eigenvalue weighted by molar-refractivity contribution is 7.89. The zero-order valence-electron chi connectivity index (χ0n) is 18.4. The van der Waals surface area contributed by atoms with Crippen molar-refractivity contribution in [3.05, 3.63) is 53.6 Å². The van der Waals surface area contributed by atoms with Gasteiger partial charge in [-0.05, 0) is 68.1 Å². The minimum atomic E-state index is -3.68. The standard InChI is InChI=1S/C23H30N2O5S/c1-16-14-21(11-12-22(16)30-4)31(27,28)25-13-5-6-19(15-25)23(26)24-17(2)18-7-9-20(29-3)10-8-18/h7-12,14,17,19H,5-6,13,15H2,1-4H3,(H,24,26). The predicted molar refractivity (Wildman–Crippen MR) is 119 cm³/mol. The Balaban J connectivity index is 1.68. The van der Waals surface area contributed by atoms with Gasteiger partial charge >= 0.3 is 0 Å². The topological polar surface area (TPSA) is 84.9 Å². The molecule has 8 heteroatoms. The fourth-order valence-electron chi connectivity index (χ4n) is 3.84. The van der Waals surface area contributed by atoms with E-state index in [1.807, 2.05) is 38.1 Å². The highest BCUT2D eigenvalue weighted by Gasteiger charge is 2.34. The molecule has 1 N–H and O–H groups in total. The van der Waals surface area contributed by atoms with Gasteiger partial charge < -0.3 is 14.8 Å². The van der Waals surface area contributed by atoms with Crippen molar-refractivity contribution in [3.8, 4) is 11.5 Å². The van der Waals surface area contributed by atoms with Gasteiger partial charge in [0.05, 0.1) is 31.1 Å². The number of piperidine rings is 1. The van der Waals surface area contributed by atoms with E-state index in [2.05, 4.69) is 5.32 Å². The van der Waals surface area contributed by atoms with Crippen LogP contribution in [0.25, 0.3) is 0 Å². The highest BCUT2D eigenvalue weighted by Crippen LogP contribution is 2.28. The molecular weight excluding hydrogens is 416 g/mol. The Morgan fingerprint density at radius 1 is 1.13 bits per heavy atom. The van der Waals surface area contributed by atoms with Gasteiger partial charge in [-0.15, -0.1) is 0 Å². The van der Waals surface area contributed by atoms with E-state index in [1.54, 1.807) is 32.4 Å². The van der Waals surface area contributed by atoms with Crippen LogP contribution in [0.3, 0.4) is 0 Å². The zero-order valence-corrected chi connectivity index (χ0v) is 19.2. The van der Waals surface area contributed by atoms with Crippen LogP contribution in [0.4, 0.5) is 0 Å². The molecule has 0 saturated carbocycles. The lowest BCUT2D eigenvalue weighted by Crippen LogP contribution is -2.45. The van der Waals surface area contributed by atoms with Crippen LogP contribution in [0.2, 0.25) is 0 Å². The maximum atomic E-state index is 13.2. The molecule has 1 heterocycles. The molecule has 0 aliphatic carbocycles. The van der Waals surface area contributed by atoms with E-state index < -0.39 is 10.0 Å². The Labute approximate surface area is 184 Å². The van der Waals surface area contributed by atoms with Gasteiger partial charge in [-0.1, -0.05) is 12.1 Å². The molecule has 1 amide bonds. The van der Waals surface area contributed by atoms with Crippen LogP contribution in [-0.2, 0) is 14.8 Å². The van der Waals surface area contributed by atoms with Gasteiger partial charge in [0.1, 0.15) is 11.5 Å². The monoisotopic (exact) mass is 446 g/mol. The summed E-state index contributed by atoms with van der Waals surface area (Å²) in [6.07, 6.45) is 1.30. The summed E-state index contributed by atoms with van der Waals surface area (Å²) in [6, 6.07) is 12.2. The van der Waals surface area contributed by atoms with Crippen LogP contribution in [0.5, 0.6) is 11.5 Å². The largest absolute Gasteiger partial charge is 0.497 e. The fourth-order valence-corrected chi connectivity index (χ4v) is 5.45. The van der Waals surface area contributed by atoms with E-state index in [0.717, 1.165) is 16.9 Å². The van der Waals surface area contributed by atoms with Gasteiger partial charge in [-0.25, -0.2) is 8.42 Å². The summed E-state index contributed by atoms with van der Waals surface area (Å²) in [5.74, 6) is 0.879. The van der Waals surface area contributed by atoms with E-state index >= 15 is 0 Å². The number of hydrogen-bond donors (Lipinski definition) is 1. The average molecular weight is 447 g/mol. The van der Waals surface area contributed by atoms with Crippen molar-refractivity contribution >= 4 is 15.9 Å². The molecule has 1 aliphatic rings. The molecule has 3 rings (SSSR count). The van der Waals surface area contributed by atoms with Crippen LogP contribution in [0.1, 0.15) is 36.9 Å². The number of rotatable bonds is 7. The lowest BCUT2D eigenvalue weighted by atomic mass is 9.98. The summed E-state index contributed by atoms with van der Waals surface area (Å²) < 4.78 is 38.1. The maximum Gasteiger partial charge on any atom is 0.243 e. The number of amides is 1. The molecule has 2 aromatic rings. The number of aryl methyl sites for hydroxylation is 1. The lowest BCUT2D eigenvalue weighted by Gasteiger charge is -2.32. The summed E-state index contributed by atoms with van der Waals surface area (Å²) in [5, 5.41) is 3.02. The summed E-state index contributed by atoms with van der Waals surface area (Å²) in [6.45, 7) is 4.31. The van der Waals surface area contributed by atoms with E-state index in [0.29, 0.717) is 25.1 Å². The predicted octanol–water partition coefficient (Wildman–Crippen LogP) is 3.29. The smallest absolute Gasteiger partial charge is 0.243 e. The normalized spacial score (nSPS) is 18.3. The first-order valence-electron chi connectivity index (χ1n) is 10.4. The molecule has 2 aromatic carbocycles. The van der Waals surface area contributed by atoms with Gasteiger partial charge in [-0.2, -0.15) is 4.31 Å².